The average molecular weight is 299 g/mol. The van der Waals surface area contributed by atoms with Crippen molar-refractivity contribution in [1.82, 2.24) is 10.2 Å². The van der Waals surface area contributed by atoms with E-state index < -0.39 is 5.82 Å². The molecular formula is C15H20ClFN2O. The van der Waals surface area contributed by atoms with E-state index in [-0.39, 0.29) is 22.5 Å². The Labute approximate surface area is 124 Å². The van der Waals surface area contributed by atoms with Gasteiger partial charge in [-0.2, -0.15) is 0 Å². The molecule has 1 atom stereocenters. The quantitative estimate of drug-likeness (QED) is 0.926. The van der Waals surface area contributed by atoms with Crippen LogP contribution < -0.4 is 5.32 Å². The van der Waals surface area contributed by atoms with E-state index in [9.17, 15) is 9.18 Å². The molecule has 110 valence electrons. The van der Waals surface area contributed by atoms with Gasteiger partial charge in [0.1, 0.15) is 5.82 Å². The zero-order valence-electron chi connectivity index (χ0n) is 11.8. The second kappa shape index (κ2) is 6.55. The van der Waals surface area contributed by atoms with Crippen molar-refractivity contribution in [3.63, 3.8) is 0 Å². The topological polar surface area (TPSA) is 32.3 Å². The van der Waals surface area contributed by atoms with E-state index in [1.54, 1.807) is 11.0 Å². The Morgan fingerprint density at radius 1 is 1.55 bits per heavy atom. The van der Waals surface area contributed by atoms with Crippen LogP contribution in [0.15, 0.2) is 18.2 Å². The van der Waals surface area contributed by atoms with Crippen molar-refractivity contribution in [2.24, 2.45) is 0 Å². The van der Waals surface area contributed by atoms with Crippen molar-refractivity contribution in [1.29, 1.82) is 0 Å². The van der Waals surface area contributed by atoms with Gasteiger partial charge < -0.3 is 10.2 Å². The molecule has 1 amide bonds. The van der Waals surface area contributed by atoms with E-state index in [1.807, 2.05) is 13.8 Å². The van der Waals surface area contributed by atoms with Crippen LogP contribution in [0.3, 0.4) is 0 Å². The molecule has 1 N–H and O–H groups in total. The predicted octanol–water partition coefficient (Wildman–Crippen LogP) is 3.08. The van der Waals surface area contributed by atoms with Crippen LogP contribution in [0.1, 0.15) is 37.0 Å². The first-order valence-corrected chi connectivity index (χ1v) is 7.37. The number of benzene rings is 1. The number of carbonyl (C=O) groups is 1. The van der Waals surface area contributed by atoms with Gasteiger partial charge in [0.05, 0.1) is 10.6 Å². The van der Waals surface area contributed by atoms with Crippen LogP contribution in [-0.2, 0) is 0 Å². The number of rotatable bonds is 4. The number of halogens is 2. The van der Waals surface area contributed by atoms with Crippen LogP contribution in [0.5, 0.6) is 0 Å². The van der Waals surface area contributed by atoms with Crippen molar-refractivity contribution in [2.75, 3.05) is 13.1 Å². The third-order valence-corrected chi connectivity index (χ3v) is 4.03. The van der Waals surface area contributed by atoms with Crippen molar-refractivity contribution in [2.45, 2.75) is 38.8 Å². The average Bonchev–Trinajstić information content (AvgIpc) is 2.91. The molecule has 0 saturated carbocycles. The highest BCUT2D eigenvalue weighted by molar-refractivity contribution is 6.34. The first-order valence-electron chi connectivity index (χ1n) is 6.99. The molecule has 1 aromatic rings. The van der Waals surface area contributed by atoms with Gasteiger partial charge in [0, 0.05) is 18.6 Å². The molecule has 3 nitrogen and oxygen atoms in total. The Morgan fingerprint density at radius 2 is 2.30 bits per heavy atom. The van der Waals surface area contributed by atoms with Crippen molar-refractivity contribution in [3.8, 4) is 0 Å². The Balaban J connectivity index is 2.19. The van der Waals surface area contributed by atoms with E-state index in [0.717, 1.165) is 19.4 Å². The monoisotopic (exact) mass is 298 g/mol. The van der Waals surface area contributed by atoms with E-state index in [2.05, 4.69) is 5.32 Å². The summed E-state index contributed by atoms with van der Waals surface area (Å²) in [7, 11) is 0. The fourth-order valence-corrected chi connectivity index (χ4v) is 2.71. The molecule has 1 aliphatic heterocycles. The zero-order chi connectivity index (χ0) is 14.7. The standard InChI is InChI=1S/C15H20ClFN2O/c1-10(2)19(9-11-5-4-8-18-11)15(20)12-6-3-7-13(17)14(12)16/h3,6-7,10-11,18H,4-5,8-9H2,1-2H3. The molecule has 1 heterocycles. The maximum absolute atomic E-state index is 13.5. The maximum atomic E-state index is 13.5. The van der Waals surface area contributed by atoms with Gasteiger partial charge in [-0.15, -0.1) is 0 Å². The van der Waals surface area contributed by atoms with Gasteiger partial charge in [-0.05, 0) is 45.4 Å². The summed E-state index contributed by atoms with van der Waals surface area (Å²) < 4.78 is 13.5. The maximum Gasteiger partial charge on any atom is 0.255 e. The highest BCUT2D eigenvalue weighted by atomic mass is 35.5. The van der Waals surface area contributed by atoms with Gasteiger partial charge in [-0.25, -0.2) is 4.39 Å². The molecule has 1 saturated heterocycles. The van der Waals surface area contributed by atoms with Gasteiger partial charge in [-0.1, -0.05) is 17.7 Å². The van der Waals surface area contributed by atoms with Crippen molar-refractivity contribution >= 4 is 17.5 Å². The summed E-state index contributed by atoms with van der Waals surface area (Å²) in [6.45, 7) is 5.54. The second-order valence-corrected chi connectivity index (χ2v) is 5.82. The SMILES string of the molecule is CC(C)N(CC1CCCN1)C(=O)c1cccc(F)c1Cl. The number of hydrogen-bond acceptors (Lipinski definition) is 2. The third kappa shape index (κ3) is 3.30. The first kappa shape index (κ1) is 15.3. The number of carbonyl (C=O) groups excluding carboxylic acids is 1. The summed E-state index contributed by atoms with van der Waals surface area (Å²) in [4.78, 5) is 14.3. The molecule has 2 rings (SSSR count). The summed E-state index contributed by atoms with van der Waals surface area (Å²) >= 11 is 5.92. The fraction of sp³-hybridized carbons (Fsp3) is 0.533. The summed E-state index contributed by atoms with van der Waals surface area (Å²) in [6.07, 6.45) is 2.19. The molecular weight excluding hydrogens is 279 g/mol. The Morgan fingerprint density at radius 3 is 2.90 bits per heavy atom. The number of nitrogens with one attached hydrogen (secondary N) is 1. The molecule has 1 fully saturated rings. The number of hydrogen-bond donors (Lipinski definition) is 1. The molecule has 0 aromatic heterocycles. The highest BCUT2D eigenvalue weighted by Gasteiger charge is 2.26. The molecule has 0 bridgehead atoms. The lowest BCUT2D eigenvalue weighted by Crippen LogP contribution is -2.44. The Hall–Kier alpha value is -1.13. The lowest BCUT2D eigenvalue weighted by molar-refractivity contribution is 0.0689. The molecule has 0 spiro atoms. The molecule has 20 heavy (non-hydrogen) atoms. The molecule has 1 unspecified atom stereocenters. The largest absolute Gasteiger partial charge is 0.335 e. The van der Waals surface area contributed by atoms with E-state index >= 15 is 0 Å². The van der Waals surface area contributed by atoms with Crippen LogP contribution in [0.2, 0.25) is 5.02 Å². The first-order chi connectivity index (χ1) is 9.50. The Kier molecular flexibility index (Phi) is 5.00. The van der Waals surface area contributed by atoms with E-state index in [4.69, 9.17) is 11.6 Å². The van der Waals surface area contributed by atoms with E-state index in [0.29, 0.717) is 12.6 Å². The van der Waals surface area contributed by atoms with Gasteiger partial charge in [0.2, 0.25) is 0 Å². The van der Waals surface area contributed by atoms with Gasteiger partial charge in [-0.3, -0.25) is 4.79 Å². The minimum Gasteiger partial charge on any atom is -0.335 e. The highest BCUT2D eigenvalue weighted by Crippen LogP contribution is 2.22. The third-order valence-electron chi connectivity index (χ3n) is 3.65. The number of nitrogens with zero attached hydrogens (tertiary/aromatic N) is 1. The summed E-state index contributed by atoms with van der Waals surface area (Å²) in [5.41, 5.74) is 0.235. The molecule has 5 heteroatoms. The summed E-state index contributed by atoms with van der Waals surface area (Å²) in [5.74, 6) is -0.765. The van der Waals surface area contributed by atoms with Gasteiger partial charge in [0.15, 0.2) is 0 Å². The van der Waals surface area contributed by atoms with Crippen LogP contribution in [0.25, 0.3) is 0 Å². The Bertz CT molecular complexity index is 487. The van der Waals surface area contributed by atoms with Crippen LogP contribution in [-0.4, -0.2) is 36.0 Å². The summed E-state index contributed by atoms with van der Waals surface area (Å²) in [5, 5.41) is 3.28. The van der Waals surface area contributed by atoms with Crippen LogP contribution in [0, 0.1) is 5.82 Å². The summed E-state index contributed by atoms with van der Waals surface area (Å²) in [6, 6.07) is 4.71. The van der Waals surface area contributed by atoms with Gasteiger partial charge >= 0.3 is 0 Å². The molecule has 1 aromatic carbocycles. The van der Waals surface area contributed by atoms with Crippen LogP contribution >= 0.6 is 11.6 Å². The second-order valence-electron chi connectivity index (χ2n) is 5.45. The van der Waals surface area contributed by atoms with Crippen molar-refractivity contribution < 1.29 is 9.18 Å². The lowest BCUT2D eigenvalue weighted by Gasteiger charge is -2.30. The zero-order valence-corrected chi connectivity index (χ0v) is 12.6. The minimum absolute atomic E-state index is 0.0456. The van der Waals surface area contributed by atoms with Crippen LogP contribution in [0.4, 0.5) is 4.39 Å². The van der Waals surface area contributed by atoms with E-state index in [1.165, 1.54) is 12.1 Å². The molecule has 0 radical (unpaired) electrons. The normalized spacial score (nSPS) is 18.6. The molecule has 0 aliphatic carbocycles. The predicted molar refractivity (Wildman–Crippen MR) is 78.6 cm³/mol. The molecule has 1 aliphatic rings. The fourth-order valence-electron chi connectivity index (χ4n) is 2.50. The minimum atomic E-state index is -0.555. The van der Waals surface area contributed by atoms with Crippen molar-refractivity contribution in [3.05, 3.63) is 34.6 Å². The smallest absolute Gasteiger partial charge is 0.255 e. The van der Waals surface area contributed by atoms with Gasteiger partial charge in [0.25, 0.3) is 5.91 Å². The lowest BCUT2D eigenvalue weighted by atomic mass is 10.1. The number of amides is 1.